The molecule has 2 aliphatic carbocycles. The van der Waals surface area contributed by atoms with Gasteiger partial charge in [0.05, 0.1) is 0 Å². The number of hydrogen-bond donors (Lipinski definition) is 1. The normalized spacial score (nSPS) is 19.8. The van der Waals surface area contributed by atoms with Crippen LogP contribution in [-0.2, 0) is 17.4 Å². The number of nitrogens with one attached hydrogen (secondary N) is 1. The molecule has 1 atom stereocenters. The molecule has 2 aromatic carbocycles. The molecule has 1 N–H and O–H groups in total. The molecule has 3 heteroatoms. The second-order valence-corrected chi connectivity index (χ2v) is 23.9. The van der Waals surface area contributed by atoms with E-state index >= 15 is 0 Å². The molecule has 195 valence electrons. The quantitative estimate of drug-likeness (QED) is 0.375. The van der Waals surface area contributed by atoms with Gasteiger partial charge >= 0.3 is 159 Å². The molecular formula is C33H50NSiTi. The minimum absolute atomic E-state index is 0.616. The minimum atomic E-state index is -1.29. The summed E-state index contributed by atoms with van der Waals surface area (Å²) in [7, 11) is 0. The minimum Gasteiger partial charge on any atom is -0.0622 e. The van der Waals surface area contributed by atoms with Crippen molar-refractivity contribution >= 4 is 6.66 Å². The topological polar surface area (TPSA) is 12.0 Å². The third-order valence-corrected chi connectivity index (χ3v) is 20.2. The van der Waals surface area contributed by atoms with Crippen LogP contribution in [0.5, 0.6) is 0 Å². The van der Waals surface area contributed by atoms with Crippen molar-refractivity contribution in [1.29, 1.82) is 0 Å². The first-order valence-electron chi connectivity index (χ1n) is 14.5. The second kappa shape index (κ2) is 15.3. The van der Waals surface area contributed by atoms with Gasteiger partial charge in [-0.05, 0) is 11.1 Å². The molecular weight excluding hydrogens is 486 g/mol. The summed E-state index contributed by atoms with van der Waals surface area (Å²) in [6, 6.07) is 21.6. The van der Waals surface area contributed by atoms with Crippen LogP contribution in [-0.4, -0.2) is 12.7 Å². The summed E-state index contributed by atoms with van der Waals surface area (Å²) in [4.78, 5) is 0. The van der Waals surface area contributed by atoms with E-state index in [1.165, 1.54) is 68.9 Å². The molecule has 2 aliphatic rings. The van der Waals surface area contributed by atoms with E-state index in [2.05, 4.69) is 93.1 Å². The maximum atomic E-state index is 4.36. The fourth-order valence-corrected chi connectivity index (χ4v) is 17.5. The van der Waals surface area contributed by atoms with E-state index in [1.54, 1.807) is 16.7 Å². The average molecular weight is 537 g/mol. The summed E-state index contributed by atoms with van der Waals surface area (Å²) in [5.74, 6) is 0.724. The van der Waals surface area contributed by atoms with Crippen molar-refractivity contribution in [1.82, 2.24) is 3.80 Å². The Morgan fingerprint density at radius 3 is 1.50 bits per heavy atom. The molecule has 4 rings (SSSR count). The van der Waals surface area contributed by atoms with Gasteiger partial charge in [-0.2, -0.15) is 0 Å². The molecule has 2 aromatic rings. The number of benzene rings is 2. The van der Waals surface area contributed by atoms with Crippen LogP contribution in [0.15, 0.2) is 81.3 Å². The number of rotatable bonds is 5. The summed E-state index contributed by atoms with van der Waals surface area (Å²) in [6.45, 7) is 14.2. The van der Waals surface area contributed by atoms with Crippen molar-refractivity contribution in [3.8, 4) is 11.1 Å². The molecule has 0 radical (unpaired) electrons. The number of hydrogen-bond acceptors (Lipinski definition) is 1. The van der Waals surface area contributed by atoms with Crippen LogP contribution in [0.4, 0.5) is 0 Å². The molecule has 0 aromatic heterocycles. The van der Waals surface area contributed by atoms with Gasteiger partial charge < -0.3 is 0 Å². The van der Waals surface area contributed by atoms with Crippen molar-refractivity contribution in [2.75, 3.05) is 0 Å². The van der Waals surface area contributed by atoms with Gasteiger partial charge in [-0.25, -0.2) is 0 Å². The van der Waals surface area contributed by atoms with Crippen LogP contribution in [0.25, 0.3) is 11.1 Å². The molecule has 1 fully saturated rings. The van der Waals surface area contributed by atoms with Crippen molar-refractivity contribution in [2.45, 2.75) is 105 Å². The zero-order chi connectivity index (χ0) is 25.9. The summed E-state index contributed by atoms with van der Waals surface area (Å²) in [5.41, 5.74) is 7.47. The summed E-state index contributed by atoms with van der Waals surface area (Å²) >= 11 is -1.29. The van der Waals surface area contributed by atoms with Crippen molar-refractivity contribution in [2.24, 2.45) is 5.92 Å². The number of allylic oxidation sites excluding steroid dienone is 4. The second-order valence-electron chi connectivity index (χ2n) is 11.3. The monoisotopic (exact) mass is 536 g/mol. The van der Waals surface area contributed by atoms with E-state index in [9.17, 15) is 0 Å². The summed E-state index contributed by atoms with van der Waals surface area (Å²) in [5, 5.41) is 0. The van der Waals surface area contributed by atoms with Gasteiger partial charge in [0.2, 0.25) is 0 Å². The fraction of sp³-hybridized carbons (Fsp3) is 0.515. The zero-order valence-corrected chi connectivity index (χ0v) is 26.6. The average Bonchev–Trinajstić information content (AvgIpc) is 3.09. The summed E-state index contributed by atoms with van der Waals surface area (Å²) in [6.07, 6.45) is 13.1. The van der Waals surface area contributed by atoms with Gasteiger partial charge in [0.1, 0.15) is 0 Å². The van der Waals surface area contributed by atoms with E-state index in [4.69, 9.17) is 0 Å². The van der Waals surface area contributed by atoms with Crippen LogP contribution in [0.3, 0.4) is 0 Å². The third kappa shape index (κ3) is 8.42. The van der Waals surface area contributed by atoms with Gasteiger partial charge in [-0.1, -0.05) is 60.7 Å². The Hall–Kier alpha value is -1.19. The zero-order valence-electron chi connectivity index (χ0n) is 23.9. The third-order valence-electron chi connectivity index (χ3n) is 8.35. The first-order chi connectivity index (χ1) is 17.4. The van der Waals surface area contributed by atoms with Crippen molar-refractivity contribution < 1.29 is 17.4 Å². The Morgan fingerprint density at radius 2 is 1.11 bits per heavy atom. The van der Waals surface area contributed by atoms with Gasteiger partial charge in [-0.3, -0.25) is 0 Å². The fourth-order valence-electron chi connectivity index (χ4n) is 5.79. The SMILES string of the molecule is CC1=C(C)C(C)[C]([Ti]([NH]C2CCCCCCCCC2)[SiH](C)C)=C1C.c1ccc(-c2ccccc2)cc1. The Bertz CT molecular complexity index is 932. The van der Waals surface area contributed by atoms with Crippen molar-refractivity contribution in [3.05, 3.63) is 81.3 Å². The molecule has 0 saturated heterocycles. The predicted molar refractivity (Wildman–Crippen MR) is 159 cm³/mol. The van der Waals surface area contributed by atoms with Crippen LogP contribution < -0.4 is 3.80 Å². The van der Waals surface area contributed by atoms with E-state index in [-0.39, 0.29) is 0 Å². The molecule has 0 amide bonds. The van der Waals surface area contributed by atoms with Crippen LogP contribution in [0.1, 0.15) is 85.5 Å². The smallest absolute Gasteiger partial charge is 0.0184 e. The van der Waals surface area contributed by atoms with Crippen LogP contribution in [0.2, 0.25) is 13.1 Å². The van der Waals surface area contributed by atoms with E-state index in [0.717, 1.165) is 12.0 Å². The first-order valence-corrected chi connectivity index (χ1v) is 21.7. The van der Waals surface area contributed by atoms with E-state index in [0.29, 0.717) is 0 Å². The van der Waals surface area contributed by atoms with Crippen LogP contribution >= 0.6 is 0 Å². The molecule has 0 heterocycles. The Kier molecular flexibility index (Phi) is 12.5. The maximum Gasteiger partial charge on any atom is -0.0184 e. The largest absolute Gasteiger partial charge is 0.0622 e. The molecule has 0 bridgehead atoms. The van der Waals surface area contributed by atoms with Gasteiger partial charge in [0.25, 0.3) is 0 Å². The Morgan fingerprint density at radius 1 is 0.667 bits per heavy atom. The van der Waals surface area contributed by atoms with Crippen molar-refractivity contribution in [3.63, 3.8) is 0 Å². The Labute approximate surface area is 229 Å². The maximum absolute atomic E-state index is 4.36. The van der Waals surface area contributed by atoms with Gasteiger partial charge in [0.15, 0.2) is 0 Å². The van der Waals surface area contributed by atoms with Gasteiger partial charge in [-0.15, -0.1) is 0 Å². The van der Waals surface area contributed by atoms with E-state index < -0.39 is 24.0 Å². The molecule has 0 aliphatic heterocycles. The summed E-state index contributed by atoms with van der Waals surface area (Å²) < 4.78 is 6.27. The molecule has 1 nitrogen and oxygen atoms in total. The molecule has 1 unspecified atom stereocenters. The Balaban J connectivity index is 0.000000249. The van der Waals surface area contributed by atoms with Crippen LogP contribution in [0, 0.1) is 5.92 Å². The molecule has 36 heavy (non-hydrogen) atoms. The standard InChI is InChI=1S/C12H10.C10H20N.C9H13.C2H7Si.Ti/c1-3-7-11(8-4-1)12-9-5-2-6-10-12;11-10-8-6-4-2-1-3-5-7-9-10;1-6-5-7(2)9(4)8(6)3;1-3-2;/h1-10H;10-11H,1-9H2;6H,1-4H3;3H,1-2H3;/q;-1;;;+1. The first kappa shape index (κ1) is 29.4. The molecule has 0 spiro atoms. The van der Waals surface area contributed by atoms with E-state index in [1.807, 2.05) is 16.0 Å². The molecule has 1 saturated carbocycles. The predicted octanol–water partition coefficient (Wildman–Crippen LogP) is 9.60. The van der Waals surface area contributed by atoms with Gasteiger partial charge in [0, 0.05) is 0 Å².